The van der Waals surface area contributed by atoms with Gasteiger partial charge in [-0.25, -0.2) is 0 Å². The summed E-state index contributed by atoms with van der Waals surface area (Å²) < 4.78 is 2.43. The van der Waals surface area contributed by atoms with Crippen LogP contribution in [0.15, 0.2) is 224 Å². The van der Waals surface area contributed by atoms with Gasteiger partial charge in [0, 0.05) is 55.3 Å². The Bertz CT molecular complexity index is 4860. The molecule has 2 heterocycles. The molecule has 0 radical (unpaired) electrons. The number of rotatable bonds is 1. The van der Waals surface area contributed by atoms with Crippen LogP contribution in [0.1, 0.15) is 122 Å². The molecule has 13 aromatic rings. The monoisotopic (exact) mass is 987 g/mol. The van der Waals surface area contributed by atoms with Gasteiger partial charge >= 0.3 is 0 Å². The van der Waals surface area contributed by atoms with Crippen molar-refractivity contribution in [2.75, 3.05) is 0 Å². The van der Waals surface area contributed by atoms with Gasteiger partial charge in [0.05, 0.1) is 33.8 Å². The highest BCUT2D eigenvalue weighted by Gasteiger charge is 2.71. The third-order valence-corrected chi connectivity index (χ3v) is 21.4. The molecule has 6 unspecified atom stereocenters. The lowest BCUT2D eigenvalue weighted by Gasteiger charge is -2.64. The predicted octanol–water partition coefficient (Wildman–Crippen LogP) is 16.3. The second-order valence-electron chi connectivity index (χ2n) is 23.9. The van der Waals surface area contributed by atoms with E-state index in [0.717, 1.165) is 71.8 Å². The molecule has 3 spiro atoms. The van der Waals surface area contributed by atoms with Gasteiger partial charge in [0.15, 0.2) is 11.6 Å². The number of Topliss-reactive ketones (excluding diaryl/α,β-unsaturated/α-hetero) is 2. The minimum absolute atomic E-state index is 0.0642. The minimum Gasteiger partial charge on any atom is -0.308 e. The van der Waals surface area contributed by atoms with Crippen molar-refractivity contribution in [2.45, 2.75) is 39.9 Å². The number of fused-ring (bicyclic) bond motifs is 28. The molecule has 8 aliphatic carbocycles. The Morgan fingerprint density at radius 1 is 0.282 bits per heavy atom. The number of ketones is 2. The molecule has 0 N–H and O–H groups in total. The molecule has 21 rings (SSSR count). The summed E-state index contributed by atoms with van der Waals surface area (Å²) in [6.07, 6.45) is 0. The van der Waals surface area contributed by atoms with Gasteiger partial charge < -0.3 is 4.40 Å². The molecule has 0 saturated heterocycles. The fourth-order valence-corrected chi connectivity index (χ4v) is 18.9. The summed E-state index contributed by atoms with van der Waals surface area (Å²) in [5, 5.41) is 4.62. The van der Waals surface area contributed by atoms with Gasteiger partial charge in [0.25, 0.3) is 0 Å². The zero-order valence-corrected chi connectivity index (χ0v) is 41.9. The molecule has 0 saturated carbocycles. The largest absolute Gasteiger partial charge is 0.308 e. The molecule has 8 aliphatic rings. The maximum atomic E-state index is 15.6. The van der Waals surface area contributed by atoms with Crippen LogP contribution in [0.2, 0.25) is 0 Å². The average Bonchev–Trinajstić information content (AvgIpc) is 1.36. The summed E-state index contributed by atoms with van der Waals surface area (Å²) in [6.45, 7) is 0. The minimum atomic E-state index is -0.476. The van der Waals surface area contributed by atoms with Crippen LogP contribution in [0.3, 0.4) is 0 Å². The third kappa shape index (κ3) is 3.85. The molecule has 3 heteroatoms. The van der Waals surface area contributed by atoms with E-state index in [1.54, 1.807) is 0 Å². The van der Waals surface area contributed by atoms with Crippen molar-refractivity contribution in [3.63, 3.8) is 0 Å². The van der Waals surface area contributed by atoms with E-state index in [4.69, 9.17) is 0 Å². The van der Waals surface area contributed by atoms with E-state index in [1.807, 2.05) is 0 Å². The molecular weight excluding hydrogens is 947 g/mol. The molecule has 2 aromatic heterocycles. The summed E-state index contributed by atoms with van der Waals surface area (Å²) >= 11 is 0. The van der Waals surface area contributed by atoms with E-state index < -0.39 is 5.41 Å². The lowest BCUT2D eigenvalue weighted by atomic mass is 9.36. The Kier molecular flexibility index (Phi) is 6.49. The number of carbonyl (C=O) groups is 2. The maximum Gasteiger partial charge on any atom is 0.171 e. The van der Waals surface area contributed by atoms with Crippen LogP contribution < -0.4 is 0 Å². The Hall–Kier alpha value is -9.44. The third-order valence-electron chi connectivity index (χ3n) is 21.4. The van der Waals surface area contributed by atoms with Gasteiger partial charge in [-0.3, -0.25) is 9.59 Å². The van der Waals surface area contributed by atoms with Gasteiger partial charge in [-0.2, -0.15) is 0 Å². The molecule has 0 bridgehead atoms. The number of nitrogens with zero attached hydrogens (tertiary/aromatic N) is 1. The van der Waals surface area contributed by atoms with Crippen LogP contribution in [0, 0.1) is 0 Å². The first kappa shape index (κ1) is 39.9. The zero-order chi connectivity index (χ0) is 50.4. The number of carbonyl (C=O) groups excluding carboxylic acids is 2. The Balaban J connectivity index is 0.863. The lowest BCUT2D eigenvalue weighted by molar-refractivity contribution is 0.0839. The molecule has 0 fully saturated rings. The summed E-state index contributed by atoms with van der Waals surface area (Å²) in [7, 11) is 0. The van der Waals surface area contributed by atoms with Gasteiger partial charge in [-0.15, -0.1) is 0 Å². The van der Waals surface area contributed by atoms with E-state index in [9.17, 15) is 0 Å². The molecule has 0 amide bonds. The van der Waals surface area contributed by atoms with Crippen molar-refractivity contribution in [1.29, 1.82) is 0 Å². The predicted molar refractivity (Wildman–Crippen MR) is 308 cm³/mol. The van der Waals surface area contributed by atoms with E-state index in [1.165, 1.54) is 88.7 Å². The van der Waals surface area contributed by atoms with Crippen LogP contribution in [0.25, 0.3) is 71.5 Å². The zero-order valence-electron chi connectivity index (χ0n) is 41.9. The summed E-state index contributed by atoms with van der Waals surface area (Å²) in [6, 6.07) is 83.7. The topological polar surface area (TPSA) is 38.5 Å². The Morgan fingerprint density at radius 3 is 1.09 bits per heavy atom. The smallest absolute Gasteiger partial charge is 0.171 e. The Morgan fingerprint density at radius 2 is 0.654 bits per heavy atom. The molecule has 78 heavy (non-hydrogen) atoms. The molecule has 3 nitrogen and oxygen atoms in total. The van der Waals surface area contributed by atoms with Gasteiger partial charge in [-0.1, -0.05) is 182 Å². The van der Waals surface area contributed by atoms with Crippen LogP contribution >= 0.6 is 0 Å². The summed E-state index contributed by atoms with van der Waals surface area (Å²) in [5.74, 6) is 0.0830. The summed E-state index contributed by atoms with van der Waals surface area (Å²) in [5.41, 5.74) is 28.8. The highest BCUT2D eigenvalue weighted by atomic mass is 16.1. The van der Waals surface area contributed by atoms with Crippen LogP contribution in [-0.2, 0) is 16.2 Å². The normalized spacial score (nSPS) is 23.4. The van der Waals surface area contributed by atoms with E-state index in [0.29, 0.717) is 0 Å². The van der Waals surface area contributed by atoms with Crippen molar-refractivity contribution < 1.29 is 9.59 Å². The second kappa shape index (κ2) is 12.7. The fourth-order valence-electron chi connectivity index (χ4n) is 18.9. The SMILES string of the molecule is O=C1c2cc3c(cc2C2c4ccccc4C24c2ccccc2C14)c1cc(-c2ccc4c(c2)C2(c5ccccc5-c5ccccc52)c2ccccc2-4)cc2c4cc5c(cc4n3c12)C(=O)C1c2ccccc2C12c1ccccc1C52. The molecule has 0 aliphatic heterocycles. The molecule has 11 aromatic carbocycles. The Labute approximate surface area is 448 Å². The van der Waals surface area contributed by atoms with E-state index >= 15 is 9.59 Å². The quantitative estimate of drug-likeness (QED) is 0.164. The number of hydrogen-bond acceptors (Lipinski definition) is 2. The van der Waals surface area contributed by atoms with Crippen molar-refractivity contribution in [3.05, 3.63) is 313 Å². The molecular formula is C75H41NO2. The van der Waals surface area contributed by atoms with E-state index in [-0.39, 0.29) is 46.1 Å². The van der Waals surface area contributed by atoms with Crippen molar-refractivity contribution in [3.8, 4) is 33.4 Å². The second-order valence-corrected chi connectivity index (χ2v) is 23.9. The van der Waals surface area contributed by atoms with Crippen LogP contribution in [-0.4, -0.2) is 16.0 Å². The van der Waals surface area contributed by atoms with Gasteiger partial charge in [0.1, 0.15) is 0 Å². The number of hydrogen-bond donors (Lipinski definition) is 0. The first-order chi connectivity index (χ1) is 38.5. The van der Waals surface area contributed by atoms with Crippen molar-refractivity contribution in [1.82, 2.24) is 4.40 Å². The fraction of sp³-hybridized carbons (Fsp3) is 0.0933. The average molecular weight is 988 g/mol. The van der Waals surface area contributed by atoms with Crippen molar-refractivity contribution in [2.24, 2.45) is 0 Å². The lowest BCUT2D eigenvalue weighted by Crippen LogP contribution is -2.61. The van der Waals surface area contributed by atoms with E-state index in [2.05, 4.69) is 229 Å². The molecule has 358 valence electrons. The van der Waals surface area contributed by atoms with Crippen LogP contribution in [0.4, 0.5) is 0 Å². The number of benzene rings is 11. The number of aromatic nitrogens is 1. The first-order valence-electron chi connectivity index (χ1n) is 27.8. The van der Waals surface area contributed by atoms with Crippen LogP contribution in [0.5, 0.6) is 0 Å². The first-order valence-corrected chi connectivity index (χ1v) is 27.8. The maximum absolute atomic E-state index is 15.6. The highest BCUT2D eigenvalue weighted by Crippen LogP contribution is 2.76. The van der Waals surface area contributed by atoms with Gasteiger partial charge in [0.2, 0.25) is 0 Å². The summed E-state index contributed by atoms with van der Waals surface area (Å²) in [4.78, 5) is 31.1. The van der Waals surface area contributed by atoms with Gasteiger partial charge in [-0.05, 0) is 154 Å². The highest BCUT2D eigenvalue weighted by molar-refractivity contribution is 6.27. The standard InChI is InChI=1S/C75H41NO2/c77-71-54-36-64-48(34-50(54)66-44-18-4-11-25-59(44)74(66)61-27-13-6-20-46(61)68(71)74)52-31-39(38-29-30-43-42-17-3-10-24-58(42)73(63(43)33-38)56-22-8-1-15-40(56)41-16-2-9-23-57(41)73)32-53-49-35-51-55(37-65(49)76(64)70(52)53)72(78)69-47-21-7-14-28-62(47)75(69)60-26-12-5-19-45(60)67(51)75/h1-37,66-69H. The molecule has 6 atom stereocenters. The van der Waals surface area contributed by atoms with Crippen molar-refractivity contribution >= 4 is 49.7 Å².